The number of fused-ring (bicyclic) bond motifs is 1. The molecule has 3 aromatic carbocycles. The van der Waals surface area contributed by atoms with Gasteiger partial charge in [0.25, 0.3) is 0 Å². The Balaban J connectivity index is 1.99. The van der Waals surface area contributed by atoms with Crippen molar-refractivity contribution in [2.24, 2.45) is 4.99 Å². The van der Waals surface area contributed by atoms with Crippen molar-refractivity contribution in [3.8, 4) is 5.75 Å². The Morgan fingerprint density at radius 1 is 0.905 bits per heavy atom. The molecule has 0 amide bonds. The molecule has 1 N–H and O–H groups in total. The zero-order chi connectivity index (χ0) is 14.8. The highest BCUT2D eigenvalue weighted by Gasteiger charge is 2.05. The van der Waals surface area contributed by atoms with Crippen molar-refractivity contribution in [2.75, 3.05) is 0 Å². The Bertz CT molecular complexity index is 843. The number of hydrogen-bond donors (Lipinski definition) is 1. The average Bonchev–Trinajstić information content (AvgIpc) is 2.50. The number of benzene rings is 3. The van der Waals surface area contributed by atoms with Gasteiger partial charge in [-0.05, 0) is 23.6 Å². The third-order valence-corrected chi connectivity index (χ3v) is 3.19. The van der Waals surface area contributed by atoms with E-state index in [-0.39, 0.29) is 11.4 Å². The summed E-state index contributed by atoms with van der Waals surface area (Å²) in [6.45, 7) is 0. The molecule has 0 saturated heterocycles. The van der Waals surface area contributed by atoms with Crippen LogP contribution in [0.4, 0.5) is 14.5 Å². The minimum Gasteiger partial charge on any atom is -0.507 e. The summed E-state index contributed by atoms with van der Waals surface area (Å²) >= 11 is 0. The van der Waals surface area contributed by atoms with E-state index in [9.17, 15) is 13.9 Å². The van der Waals surface area contributed by atoms with Gasteiger partial charge in [-0.15, -0.1) is 0 Å². The van der Waals surface area contributed by atoms with E-state index in [1.807, 2.05) is 24.3 Å². The highest BCUT2D eigenvalue weighted by atomic mass is 19.2. The van der Waals surface area contributed by atoms with Crippen LogP contribution < -0.4 is 0 Å². The maximum absolute atomic E-state index is 13.1. The lowest BCUT2D eigenvalue weighted by Crippen LogP contribution is -1.85. The van der Waals surface area contributed by atoms with E-state index in [0.717, 1.165) is 17.5 Å². The summed E-state index contributed by atoms with van der Waals surface area (Å²) in [5, 5.41) is 11.8. The summed E-state index contributed by atoms with van der Waals surface area (Å²) in [5.74, 6) is -1.76. The second-order valence-corrected chi connectivity index (χ2v) is 4.58. The maximum atomic E-state index is 13.1. The molecular weight excluding hydrogens is 272 g/mol. The minimum atomic E-state index is -0.951. The van der Waals surface area contributed by atoms with Crippen LogP contribution in [0.3, 0.4) is 0 Å². The number of nitrogens with zero attached hydrogens (tertiary/aromatic N) is 1. The predicted octanol–water partition coefficient (Wildman–Crippen LogP) is 4.57. The van der Waals surface area contributed by atoms with E-state index < -0.39 is 11.6 Å². The van der Waals surface area contributed by atoms with E-state index in [0.29, 0.717) is 10.9 Å². The SMILES string of the molecule is Oc1c(C=Nc2ccc(F)c(F)c2)ccc2ccccc12. The monoisotopic (exact) mass is 283 g/mol. The van der Waals surface area contributed by atoms with E-state index in [2.05, 4.69) is 4.99 Å². The average molecular weight is 283 g/mol. The van der Waals surface area contributed by atoms with Crippen molar-refractivity contribution in [3.63, 3.8) is 0 Å². The van der Waals surface area contributed by atoms with E-state index in [1.54, 1.807) is 12.1 Å². The molecule has 3 rings (SSSR count). The first-order valence-electron chi connectivity index (χ1n) is 6.35. The molecule has 21 heavy (non-hydrogen) atoms. The van der Waals surface area contributed by atoms with Crippen molar-refractivity contribution < 1.29 is 13.9 Å². The summed E-state index contributed by atoms with van der Waals surface area (Å²) in [6, 6.07) is 14.4. The van der Waals surface area contributed by atoms with Crippen LogP contribution >= 0.6 is 0 Å². The Morgan fingerprint density at radius 3 is 2.52 bits per heavy atom. The van der Waals surface area contributed by atoms with Gasteiger partial charge in [-0.25, -0.2) is 8.78 Å². The summed E-state index contributed by atoms with van der Waals surface area (Å²) in [5.41, 5.74) is 0.792. The van der Waals surface area contributed by atoms with Crippen molar-refractivity contribution in [2.45, 2.75) is 0 Å². The van der Waals surface area contributed by atoms with Gasteiger partial charge in [0.1, 0.15) is 5.75 Å². The molecule has 0 radical (unpaired) electrons. The Morgan fingerprint density at radius 2 is 1.71 bits per heavy atom. The molecular formula is C17H11F2NO. The molecule has 104 valence electrons. The Kier molecular flexibility index (Phi) is 3.36. The van der Waals surface area contributed by atoms with Crippen LogP contribution in [0.25, 0.3) is 10.8 Å². The van der Waals surface area contributed by atoms with Gasteiger partial charge in [0.15, 0.2) is 11.6 Å². The van der Waals surface area contributed by atoms with Gasteiger partial charge in [0.05, 0.1) is 5.69 Å². The third-order valence-electron chi connectivity index (χ3n) is 3.19. The number of phenols is 1. The van der Waals surface area contributed by atoms with Crippen molar-refractivity contribution in [1.29, 1.82) is 0 Å². The molecule has 0 aromatic heterocycles. The van der Waals surface area contributed by atoms with Crippen LogP contribution in [0.1, 0.15) is 5.56 Å². The van der Waals surface area contributed by atoms with Crippen molar-refractivity contribution >= 4 is 22.7 Å². The smallest absolute Gasteiger partial charge is 0.160 e. The molecule has 0 unspecified atom stereocenters. The number of aliphatic imine (C=N–C) groups is 1. The molecule has 0 aliphatic heterocycles. The standard InChI is InChI=1S/C17H11F2NO/c18-15-8-7-13(9-16(15)19)20-10-12-6-5-11-3-1-2-4-14(11)17(12)21/h1-10,21H. The van der Waals surface area contributed by atoms with Crippen LogP contribution in [0, 0.1) is 11.6 Å². The molecule has 0 fully saturated rings. The second-order valence-electron chi connectivity index (χ2n) is 4.58. The molecule has 3 aromatic rings. The Labute approximate surface area is 120 Å². The molecule has 0 aliphatic rings. The normalized spacial score (nSPS) is 11.3. The molecule has 0 aliphatic carbocycles. The van der Waals surface area contributed by atoms with Gasteiger partial charge in [0.2, 0.25) is 0 Å². The van der Waals surface area contributed by atoms with Gasteiger partial charge < -0.3 is 5.11 Å². The predicted molar refractivity (Wildman–Crippen MR) is 79.2 cm³/mol. The molecule has 0 spiro atoms. The van der Waals surface area contributed by atoms with Crippen LogP contribution in [-0.2, 0) is 0 Å². The van der Waals surface area contributed by atoms with Gasteiger partial charge in [-0.1, -0.05) is 30.3 Å². The summed E-state index contributed by atoms with van der Waals surface area (Å²) in [7, 11) is 0. The Hall–Kier alpha value is -2.75. The fourth-order valence-corrected chi connectivity index (χ4v) is 2.09. The zero-order valence-corrected chi connectivity index (χ0v) is 10.9. The van der Waals surface area contributed by atoms with Crippen LogP contribution in [0.15, 0.2) is 59.6 Å². The second kappa shape index (κ2) is 5.32. The molecule has 0 saturated carbocycles. The highest BCUT2D eigenvalue weighted by Crippen LogP contribution is 2.28. The van der Waals surface area contributed by atoms with E-state index in [4.69, 9.17) is 0 Å². The third kappa shape index (κ3) is 2.60. The topological polar surface area (TPSA) is 32.6 Å². The first-order valence-corrected chi connectivity index (χ1v) is 6.35. The molecule has 0 heterocycles. The molecule has 0 atom stereocenters. The lowest BCUT2D eigenvalue weighted by molar-refractivity contribution is 0.481. The van der Waals surface area contributed by atoms with Gasteiger partial charge in [0, 0.05) is 23.2 Å². The number of rotatable bonds is 2. The van der Waals surface area contributed by atoms with Gasteiger partial charge >= 0.3 is 0 Å². The molecule has 4 heteroatoms. The van der Waals surface area contributed by atoms with Crippen molar-refractivity contribution in [1.82, 2.24) is 0 Å². The first-order chi connectivity index (χ1) is 10.1. The quantitative estimate of drug-likeness (QED) is 0.686. The summed E-state index contributed by atoms with van der Waals surface area (Å²) < 4.78 is 25.9. The molecule has 2 nitrogen and oxygen atoms in total. The van der Waals surface area contributed by atoms with Crippen LogP contribution in [0.5, 0.6) is 5.75 Å². The lowest BCUT2D eigenvalue weighted by Gasteiger charge is -2.04. The summed E-state index contributed by atoms with van der Waals surface area (Å²) in [4.78, 5) is 4.05. The fourth-order valence-electron chi connectivity index (χ4n) is 2.09. The maximum Gasteiger partial charge on any atom is 0.160 e. The van der Waals surface area contributed by atoms with E-state index in [1.165, 1.54) is 12.3 Å². The number of aromatic hydroxyl groups is 1. The zero-order valence-electron chi connectivity index (χ0n) is 10.9. The minimum absolute atomic E-state index is 0.111. The first kappa shape index (κ1) is 13.2. The largest absolute Gasteiger partial charge is 0.507 e. The van der Waals surface area contributed by atoms with Crippen molar-refractivity contribution in [3.05, 3.63) is 71.8 Å². The molecule has 0 bridgehead atoms. The van der Waals surface area contributed by atoms with Gasteiger partial charge in [-0.3, -0.25) is 4.99 Å². The van der Waals surface area contributed by atoms with Crippen LogP contribution in [-0.4, -0.2) is 11.3 Å². The number of phenolic OH excluding ortho intramolecular Hbond substituents is 1. The number of halogens is 2. The number of hydrogen-bond acceptors (Lipinski definition) is 2. The summed E-state index contributed by atoms with van der Waals surface area (Å²) in [6.07, 6.45) is 1.43. The highest BCUT2D eigenvalue weighted by molar-refractivity contribution is 5.97. The van der Waals surface area contributed by atoms with Gasteiger partial charge in [-0.2, -0.15) is 0 Å². The fraction of sp³-hybridized carbons (Fsp3) is 0. The van der Waals surface area contributed by atoms with E-state index >= 15 is 0 Å². The van der Waals surface area contributed by atoms with Crippen LogP contribution in [0.2, 0.25) is 0 Å². The lowest BCUT2D eigenvalue weighted by atomic mass is 10.1.